The zero-order chi connectivity index (χ0) is 32.1. The second-order valence-corrected chi connectivity index (χ2v) is 14.1. The molecule has 0 spiro atoms. The third-order valence-electron chi connectivity index (χ3n) is 9.93. The van der Waals surface area contributed by atoms with Gasteiger partial charge in [-0.2, -0.15) is 0 Å². The van der Waals surface area contributed by atoms with Crippen molar-refractivity contribution in [3.63, 3.8) is 0 Å². The monoisotopic (exact) mass is 626 g/mol. The summed E-state index contributed by atoms with van der Waals surface area (Å²) >= 11 is 0. The van der Waals surface area contributed by atoms with Crippen LogP contribution in [0.5, 0.6) is 5.75 Å². The lowest BCUT2D eigenvalue weighted by Gasteiger charge is -2.42. The molecule has 2 bridgehead atoms. The van der Waals surface area contributed by atoms with Crippen molar-refractivity contribution in [1.82, 2.24) is 10.2 Å². The van der Waals surface area contributed by atoms with Crippen LogP contribution in [0, 0.1) is 17.8 Å². The topological polar surface area (TPSA) is 127 Å². The molecule has 0 radical (unpaired) electrons. The number of cyclic esters (lactones) is 1. The van der Waals surface area contributed by atoms with Gasteiger partial charge in [-0.15, -0.1) is 0 Å². The first-order chi connectivity index (χ1) is 21.4. The number of anilines is 2. The Bertz CT molecular complexity index is 1340. The summed E-state index contributed by atoms with van der Waals surface area (Å²) in [5.41, 5.74) is -0.592. The Kier molecular flexibility index (Phi) is 8.49. The number of fused-ring (bicyclic) bond motifs is 4. The van der Waals surface area contributed by atoms with Crippen LogP contribution in [-0.2, 0) is 28.6 Å². The van der Waals surface area contributed by atoms with Gasteiger partial charge in [0, 0.05) is 70.3 Å². The zero-order valence-electron chi connectivity index (χ0n) is 27.0. The average molecular weight is 627 g/mol. The van der Waals surface area contributed by atoms with Crippen LogP contribution >= 0.6 is 0 Å². The summed E-state index contributed by atoms with van der Waals surface area (Å²) in [6.45, 7) is 9.80. The lowest BCUT2D eigenvalue weighted by atomic mass is 9.86. The SMILES string of the molecule is COCCCN1C(=O)C(C)(C)Oc2ccc(N3C(=O)[C@@H]4C[C@H](C(=O)NC5CCOCC5)CN(C4)C(=O)OC(C)(C)C4CC43)cc21. The maximum absolute atomic E-state index is 14.6. The van der Waals surface area contributed by atoms with E-state index in [4.69, 9.17) is 18.9 Å². The van der Waals surface area contributed by atoms with Crippen molar-refractivity contribution in [2.24, 2.45) is 17.8 Å². The van der Waals surface area contributed by atoms with E-state index in [9.17, 15) is 19.2 Å². The molecule has 12 nitrogen and oxygen atoms in total. The van der Waals surface area contributed by atoms with Gasteiger partial charge < -0.3 is 39.0 Å². The van der Waals surface area contributed by atoms with E-state index in [2.05, 4.69) is 5.32 Å². The molecule has 3 saturated heterocycles. The van der Waals surface area contributed by atoms with Gasteiger partial charge in [-0.05, 0) is 78.0 Å². The fourth-order valence-electron chi connectivity index (χ4n) is 7.33. The van der Waals surface area contributed by atoms with Crippen molar-refractivity contribution in [1.29, 1.82) is 0 Å². The maximum atomic E-state index is 14.6. The van der Waals surface area contributed by atoms with Crippen LogP contribution in [0.1, 0.15) is 59.8 Å². The summed E-state index contributed by atoms with van der Waals surface area (Å²) in [6.07, 6.45) is 2.63. The van der Waals surface area contributed by atoms with Crippen molar-refractivity contribution in [2.75, 3.05) is 56.4 Å². The number of hydrogen-bond acceptors (Lipinski definition) is 8. The molecule has 5 aliphatic rings. The molecule has 1 aromatic carbocycles. The Morgan fingerprint density at radius 3 is 2.53 bits per heavy atom. The van der Waals surface area contributed by atoms with E-state index in [1.165, 1.54) is 4.90 Å². The van der Waals surface area contributed by atoms with Crippen molar-refractivity contribution < 1.29 is 38.1 Å². The maximum Gasteiger partial charge on any atom is 0.410 e. The van der Waals surface area contributed by atoms with Crippen LogP contribution in [0.25, 0.3) is 0 Å². The summed E-state index contributed by atoms with van der Waals surface area (Å²) < 4.78 is 22.9. The largest absolute Gasteiger partial charge is 0.476 e. The minimum atomic E-state index is -1.03. The van der Waals surface area contributed by atoms with E-state index >= 15 is 0 Å². The van der Waals surface area contributed by atoms with Crippen LogP contribution in [0.4, 0.5) is 16.2 Å². The van der Waals surface area contributed by atoms with Gasteiger partial charge in [0.2, 0.25) is 11.8 Å². The van der Waals surface area contributed by atoms with Crippen LogP contribution in [0.3, 0.4) is 0 Å². The molecule has 1 N–H and O–H groups in total. The van der Waals surface area contributed by atoms with Gasteiger partial charge >= 0.3 is 6.09 Å². The molecule has 1 aliphatic carbocycles. The summed E-state index contributed by atoms with van der Waals surface area (Å²) in [5, 5.41) is 3.14. The number of benzene rings is 1. The van der Waals surface area contributed by atoms with Crippen molar-refractivity contribution >= 4 is 35.2 Å². The molecular weight excluding hydrogens is 580 g/mol. The molecule has 1 saturated carbocycles. The van der Waals surface area contributed by atoms with E-state index < -0.39 is 29.1 Å². The number of hydrogen-bond donors (Lipinski definition) is 1. The molecule has 4 aliphatic heterocycles. The second kappa shape index (κ2) is 12.1. The van der Waals surface area contributed by atoms with Crippen LogP contribution in [0.2, 0.25) is 0 Å². The Morgan fingerprint density at radius 2 is 1.80 bits per heavy atom. The van der Waals surface area contributed by atoms with Gasteiger partial charge in [-0.3, -0.25) is 14.4 Å². The highest BCUT2D eigenvalue weighted by molar-refractivity contribution is 6.04. The molecule has 4 amide bonds. The number of carbonyl (C=O) groups excluding carboxylic acids is 4. The van der Waals surface area contributed by atoms with Gasteiger partial charge in [-0.25, -0.2) is 4.79 Å². The van der Waals surface area contributed by atoms with E-state index in [-0.39, 0.29) is 48.8 Å². The molecule has 4 atom stereocenters. The highest BCUT2D eigenvalue weighted by atomic mass is 16.6. The molecule has 2 unspecified atom stereocenters. The molecule has 4 heterocycles. The van der Waals surface area contributed by atoms with Crippen LogP contribution in [-0.4, -0.2) is 98.6 Å². The smallest absolute Gasteiger partial charge is 0.410 e. The van der Waals surface area contributed by atoms with Gasteiger partial charge in [0.1, 0.15) is 11.4 Å². The number of nitrogens with one attached hydrogen (secondary N) is 1. The van der Waals surface area contributed by atoms with Crippen LogP contribution < -0.4 is 19.9 Å². The third kappa shape index (κ3) is 6.23. The number of piperidine rings is 1. The number of rotatable bonds is 7. The lowest BCUT2D eigenvalue weighted by molar-refractivity contribution is -0.133. The highest BCUT2D eigenvalue weighted by Crippen LogP contribution is 2.50. The predicted molar refractivity (Wildman–Crippen MR) is 165 cm³/mol. The van der Waals surface area contributed by atoms with E-state index in [1.807, 2.05) is 36.9 Å². The summed E-state index contributed by atoms with van der Waals surface area (Å²) in [4.78, 5) is 60.0. The van der Waals surface area contributed by atoms with Gasteiger partial charge in [0.25, 0.3) is 5.91 Å². The number of ether oxygens (including phenoxy) is 4. The number of amides is 4. The Hall–Kier alpha value is -3.38. The first-order valence-electron chi connectivity index (χ1n) is 16.2. The highest BCUT2D eigenvalue weighted by Gasteiger charge is 2.57. The fourth-order valence-corrected chi connectivity index (χ4v) is 7.33. The summed E-state index contributed by atoms with van der Waals surface area (Å²) in [6, 6.07) is 5.38. The minimum Gasteiger partial charge on any atom is -0.476 e. The molecule has 6 rings (SSSR count). The zero-order valence-corrected chi connectivity index (χ0v) is 27.0. The first kappa shape index (κ1) is 31.6. The Balaban J connectivity index is 1.33. The van der Waals surface area contributed by atoms with Gasteiger partial charge in [-0.1, -0.05) is 0 Å². The van der Waals surface area contributed by atoms with Gasteiger partial charge in [0.15, 0.2) is 5.60 Å². The lowest BCUT2D eigenvalue weighted by Crippen LogP contribution is -2.56. The van der Waals surface area contributed by atoms with Crippen molar-refractivity contribution in [2.45, 2.75) is 83.1 Å². The standard InChI is InChI=1S/C33H46N4O8/c1-32(2)24-17-25(24)37(23-7-8-27-26(16-23)36(11-6-12-42-5)30(40)33(3,4)44-27)29(39)21-15-20(18-35(19-21)31(41)45-32)28(38)34-22-9-13-43-14-10-22/h7-8,16,20-22,24-25H,6,9-15,17-19H2,1-5H3,(H,34,38)/t20-,21+,24?,25?/m0/s1. The molecule has 1 aromatic rings. The molecule has 12 heteroatoms. The number of methoxy groups -OCH3 is 1. The predicted octanol–water partition coefficient (Wildman–Crippen LogP) is 3.11. The molecule has 0 aromatic heterocycles. The van der Waals surface area contributed by atoms with Crippen molar-refractivity contribution in [3.05, 3.63) is 18.2 Å². The molecular formula is C33H46N4O8. The van der Waals surface area contributed by atoms with Gasteiger partial charge in [0.05, 0.1) is 17.5 Å². The molecule has 4 fully saturated rings. The number of nitrogens with zero attached hydrogens (tertiary/aromatic N) is 3. The molecule has 246 valence electrons. The molecule has 45 heavy (non-hydrogen) atoms. The van der Waals surface area contributed by atoms with E-state index in [0.717, 1.165) is 12.8 Å². The average Bonchev–Trinajstić information content (AvgIpc) is 3.80. The quantitative estimate of drug-likeness (QED) is 0.458. The Labute approximate surface area is 264 Å². The first-order valence-corrected chi connectivity index (χ1v) is 16.2. The van der Waals surface area contributed by atoms with Crippen molar-refractivity contribution in [3.8, 4) is 5.75 Å². The van der Waals surface area contributed by atoms with Crippen LogP contribution in [0.15, 0.2) is 18.2 Å². The van der Waals surface area contributed by atoms with E-state index in [0.29, 0.717) is 62.8 Å². The minimum absolute atomic E-state index is 0.0153. The summed E-state index contributed by atoms with van der Waals surface area (Å²) in [7, 11) is 1.63. The Morgan fingerprint density at radius 1 is 1.04 bits per heavy atom. The number of carbonyl (C=O) groups is 4. The second-order valence-electron chi connectivity index (χ2n) is 14.1. The fraction of sp³-hybridized carbons (Fsp3) is 0.697. The normalized spacial score (nSPS) is 29.3. The summed E-state index contributed by atoms with van der Waals surface area (Å²) in [5.74, 6) is -1.07. The van der Waals surface area contributed by atoms with E-state index in [1.54, 1.807) is 25.9 Å². The third-order valence-corrected chi connectivity index (χ3v) is 9.93.